The van der Waals surface area contributed by atoms with Gasteiger partial charge in [0.1, 0.15) is 11.9 Å². The average Bonchev–Trinajstić information content (AvgIpc) is 3.04. The molecule has 2 N–H and O–H groups in total. The largest absolute Gasteiger partial charge is 0.316 e. The molecule has 0 radical (unpaired) electrons. The van der Waals surface area contributed by atoms with E-state index in [1.807, 2.05) is 0 Å². The van der Waals surface area contributed by atoms with E-state index in [9.17, 15) is 23.6 Å². The van der Waals surface area contributed by atoms with Gasteiger partial charge in [-0.05, 0) is 67.8 Å². The van der Waals surface area contributed by atoms with Gasteiger partial charge < -0.3 is 5.32 Å². The summed E-state index contributed by atoms with van der Waals surface area (Å²) < 4.78 is 14.4. The Kier molecular flexibility index (Phi) is 3.87. The SMILES string of the molecule is O=C1CCC(N2C(=O)c3cc(F)cc(C4[C@@H]5CC[C@H]4CNC5)c3C2=O)C(=O)N1. The zero-order valence-corrected chi connectivity index (χ0v) is 15.2. The molecule has 1 saturated carbocycles. The van der Waals surface area contributed by atoms with Crippen LogP contribution in [0, 0.1) is 17.7 Å². The highest BCUT2D eigenvalue weighted by Gasteiger charge is 2.49. The molecular formula is C20H20FN3O4. The number of halogens is 1. The zero-order chi connectivity index (χ0) is 19.6. The first-order chi connectivity index (χ1) is 13.5. The van der Waals surface area contributed by atoms with Crippen molar-refractivity contribution in [1.29, 1.82) is 0 Å². The Morgan fingerprint density at radius 3 is 2.36 bits per heavy atom. The minimum Gasteiger partial charge on any atom is -0.316 e. The number of amides is 4. The molecule has 1 aromatic rings. The van der Waals surface area contributed by atoms with E-state index in [0.717, 1.165) is 36.9 Å². The Labute approximate surface area is 160 Å². The van der Waals surface area contributed by atoms with Gasteiger partial charge in [-0.2, -0.15) is 0 Å². The van der Waals surface area contributed by atoms with Crippen molar-refractivity contribution in [2.45, 2.75) is 37.6 Å². The molecule has 2 bridgehead atoms. The smallest absolute Gasteiger partial charge is 0.262 e. The monoisotopic (exact) mass is 385 g/mol. The molecule has 4 atom stereocenters. The summed E-state index contributed by atoms with van der Waals surface area (Å²) in [5.41, 5.74) is 0.861. The minimum atomic E-state index is -1.04. The third-order valence-electron chi connectivity index (χ3n) is 6.63. The molecule has 2 saturated heterocycles. The van der Waals surface area contributed by atoms with Gasteiger partial charge in [0.05, 0.1) is 11.1 Å². The van der Waals surface area contributed by atoms with Crippen molar-refractivity contribution in [2.24, 2.45) is 11.8 Å². The van der Waals surface area contributed by atoms with Crippen LogP contribution in [0.1, 0.15) is 57.9 Å². The van der Waals surface area contributed by atoms with Gasteiger partial charge in [0.15, 0.2) is 0 Å². The molecular weight excluding hydrogens is 365 g/mol. The van der Waals surface area contributed by atoms with Crippen LogP contribution in [0.5, 0.6) is 0 Å². The van der Waals surface area contributed by atoms with Crippen molar-refractivity contribution in [3.63, 3.8) is 0 Å². The number of imide groups is 2. The van der Waals surface area contributed by atoms with E-state index in [0.29, 0.717) is 17.4 Å². The fourth-order valence-electron chi connectivity index (χ4n) is 5.44. The molecule has 3 heterocycles. The van der Waals surface area contributed by atoms with Gasteiger partial charge in [0, 0.05) is 6.42 Å². The molecule has 0 spiro atoms. The summed E-state index contributed by atoms with van der Waals surface area (Å²) in [6, 6.07) is 1.44. The van der Waals surface area contributed by atoms with E-state index in [4.69, 9.17) is 0 Å². The number of piperidine rings is 2. The van der Waals surface area contributed by atoms with Crippen LogP contribution >= 0.6 is 0 Å². The summed E-state index contributed by atoms with van der Waals surface area (Å²) in [7, 11) is 0. The second-order valence-electron chi connectivity index (χ2n) is 8.15. The van der Waals surface area contributed by atoms with Gasteiger partial charge in [0.2, 0.25) is 11.8 Å². The predicted octanol–water partition coefficient (Wildman–Crippen LogP) is 0.940. The van der Waals surface area contributed by atoms with Gasteiger partial charge in [-0.1, -0.05) is 0 Å². The molecule has 146 valence electrons. The van der Waals surface area contributed by atoms with Crippen LogP contribution < -0.4 is 10.6 Å². The van der Waals surface area contributed by atoms with Crippen LogP contribution in [-0.4, -0.2) is 47.7 Å². The lowest BCUT2D eigenvalue weighted by atomic mass is 9.78. The summed E-state index contributed by atoms with van der Waals surface area (Å²) in [6.45, 7) is 1.62. The van der Waals surface area contributed by atoms with Crippen LogP contribution in [0.4, 0.5) is 4.39 Å². The quantitative estimate of drug-likeness (QED) is 0.739. The first kappa shape index (κ1) is 17.5. The van der Waals surface area contributed by atoms with Crippen LogP contribution in [0.2, 0.25) is 0 Å². The number of fused-ring (bicyclic) bond motifs is 3. The standard InChI is InChI=1S/C20H20FN3O4/c21-11-5-12(16-9-1-2-10(16)8-22-7-9)17-13(6-11)19(27)24(20(17)28)14-3-4-15(25)23-18(14)26/h5-6,9-10,14,16,22H,1-4,7-8H2,(H,23,25,26)/t9-,10+,14?,16?. The third-order valence-corrected chi connectivity index (χ3v) is 6.63. The Balaban J connectivity index is 1.57. The number of benzene rings is 1. The van der Waals surface area contributed by atoms with Crippen LogP contribution in [-0.2, 0) is 9.59 Å². The summed E-state index contributed by atoms with van der Waals surface area (Å²) in [6.07, 6.45) is 2.16. The van der Waals surface area contributed by atoms with E-state index in [-0.39, 0.29) is 29.9 Å². The Morgan fingerprint density at radius 2 is 1.68 bits per heavy atom. The molecule has 28 heavy (non-hydrogen) atoms. The summed E-state index contributed by atoms with van der Waals surface area (Å²) in [5.74, 6) is -2.19. The van der Waals surface area contributed by atoms with E-state index in [1.165, 1.54) is 6.07 Å². The maximum atomic E-state index is 14.4. The maximum absolute atomic E-state index is 14.4. The van der Waals surface area contributed by atoms with Crippen molar-refractivity contribution in [2.75, 3.05) is 13.1 Å². The number of nitrogens with one attached hydrogen (secondary N) is 2. The van der Waals surface area contributed by atoms with Crippen LogP contribution in [0.3, 0.4) is 0 Å². The van der Waals surface area contributed by atoms with E-state index < -0.39 is 35.5 Å². The number of carbonyl (C=O) groups excluding carboxylic acids is 4. The van der Waals surface area contributed by atoms with Gasteiger partial charge in [-0.3, -0.25) is 29.4 Å². The predicted molar refractivity (Wildman–Crippen MR) is 94.9 cm³/mol. The molecule has 4 amide bonds. The van der Waals surface area contributed by atoms with E-state index in [1.54, 1.807) is 0 Å². The van der Waals surface area contributed by atoms with Gasteiger partial charge in [-0.15, -0.1) is 0 Å². The highest BCUT2D eigenvalue weighted by atomic mass is 19.1. The van der Waals surface area contributed by atoms with Gasteiger partial charge >= 0.3 is 0 Å². The third kappa shape index (κ3) is 2.44. The number of hydrogen-bond donors (Lipinski definition) is 2. The first-order valence-electron chi connectivity index (χ1n) is 9.71. The minimum absolute atomic E-state index is 0.0302. The van der Waals surface area contributed by atoms with Crippen molar-refractivity contribution < 1.29 is 23.6 Å². The topological polar surface area (TPSA) is 95.6 Å². The lowest BCUT2D eigenvalue weighted by Crippen LogP contribution is -2.54. The molecule has 3 aliphatic heterocycles. The number of hydrogen-bond acceptors (Lipinski definition) is 5. The Hall–Kier alpha value is -2.61. The molecule has 8 heteroatoms. The second kappa shape index (κ2) is 6.20. The summed E-state index contributed by atoms with van der Waals surface area (Å²) >= 11 is 0. The van der Waals surface area contributed by atoms with Crippen LogP contribution in [0.15, 0.2) is 12.1 Å². The molecule has 3 fully saturated rings. The molecule has 7 nitrogen and oxygen atoms in total. The van der Waals surface area contributed by atoms with Gasteiger partial charge in [-0.25, -0.2) is 4.39 Å². The highest BCUT2D eigenvalue weighted by molar-refractivity contribution is 6.24. The molecule has 0 aromatic heterocycles. The lowest BCUT2D eigenvalue weighted by molar-refractivity contribution is -0.136. The van der Waals surface area contributed by atoms with Crippen molar-refractivity contribution >= 4 is 23.6 Å². The Bertz CT molecular complexity index is 914. The van der Waals surface area contributed by atoms with Crippen molar-refractivity contribution in [1.82, 2.24) is 15.5 Å². The number of carbonyl (C=O) groups is 4. The molecule has 2 unspecified atom stereocenters. The average molecular weight is 385 g/mol. The fraction of sp³-hybridized carbons (Fsp3) is 0.500. The fourth-order valence-corrected chi connectivity index (χ4v) is 5.44. The zero-order valence-electron chi connectivity index (χ0n) is 15.2. The van der Waals surface area contributed by atoms with Crippen molar-refractivity contribution in [3.05, 3.63) is 34.6 Å². The molecule has 1 aliphatic carbocycles. The lowest BCUT2D eigenvalue weighted by Gasteiger charge is -2.32. The van der Waals surface area contributed by atoms with Crippen LogP contribution in [0.25, 0.3) is 0 Å². The highest BCUT2D eigenvalue weighted by Crippen LogP contribution is 2.48. The number of nitrogens with zero attached hydrogens (tertiary/aromatic N) is 1. The molecule has 1 aromatic carbocycles. The summed E-state index contributed by atoms with van der Waals surface area (Å²) in [5, 5.41) is 5.56. The maximum Gasteiger partial charge on any atom is 0.262 e. The molecule has 4 aliphatic rings. The van der Waals surface area contributed by atoms with Crippen molar-refractivity contribution in [3.8, 4) is 0 Å². The summed E-state index contributed by atoms with van der Waals surface area (Å²) in [4.78, 5) is 50.8. The normalized spacial score (nSPS) is 32.0. The number of rotatable bonds is 2. The second-order valence-corrected chi connectivity index (χ2v) is 8.15. The Morgan fingerprint density at radius 1 is 0.964 bits per heavy atom. The van der Waals surface area contributed by atoms with E-state index in [2.05, 4.69) is 10.6 Å². The molecule has 5 rings (SSSR count). The first-order valence-corrected chi connectivity index (χ1v) is 9.71. The van der Waals surface area contributed by atoms with Gasteiger partial charge in [0.25, 0.3) is 11.8 Å². The van der Waals surface area contributed by atoms with E-state index >= 15 is 0 Å².